The normalized spacial score (nSPS) is 18.7. The Balaban J connectivity index is 1.58. The van der Waals surface area contributed by atoms with Gasteiger partial charge in [0.2, 0.25) is 0 Å². The van der Waals surface area contributed by atoms with Crippen molar-refractivity contribution in [2.24, 2.45) is 5.92 Å². The van der Waals surface area contributed by atoms with Crippen molar-refractivity contribution in [3.05, 3.63) is 94.1 Å². The summed E-state index contributed by atoms with van der Waals surface area (Å²) < 4.78 is 125. The molecule has 1 saturated carbocycles. The van der Waals surface area contributed by atoms with E-state index in [1.54, 1.807) is 6.07 Å². The second-order valence-corrected chi connectivity index (χ2v) is 9.88. The van der Waals surface area contributed by atoms with Gasteiger partial charge in [0.15, 0.2) is 11.7 Å². The van der Waals surface area contributed by atoms with Gasteiger partial charge < -0.3 is 0 Å². The lowest BCUT2D eigenvalue weighted by molar-refractivity contribution is -0.142. The predicted octanol–water partition coefficient (Wildman–Crippen LogP) is 10.8. The summed E-state index contributed by atoms with van der Waals surface area (Å²) in [5.74, 6) is -9.13. The van der Waals surface area contributed by atoms with Gasteiger partial charge in [-0.05, 0) is 79.0 Å². The largest absolute Gasteiger partial charge is 0.422 e. The quantitative estimate of drug-likeness (QED) is 0.209. The number of benzene rings is 3. The maximum Gasteiger partial charge on any atom is 0.422 e. The van der Waals surface area contributed by atoms with E-state index in [2.05, 4.69) is 6.92 Å². The SMILES string of the molecule is CCCC1CCC(c2ccc(-c3ccc(C(F)=C(F)c4cc(F)c(C(F)(F)F)c(F)c4)c(F)c3)c(F)c2)CC1. The molecular formula is C30H25F9. The van der Waals surface area contributed by atoms with Crippen LogP contribution in [0.2, 0.25) is 0 Å². The summed E-state index contributed by atoms with van der Waals surface area (Å²) in [4.78, 5) is 0. The average Bonchev–Trinajstić information content (AvgIpc) is 2.87. The van der Waals surface area contributed by atoms with Gasteiger partial charge in [0.25, 0.3) is 0 Å². The van der Waals surface area contributed by atoms with E-state index >= 15 is 4.39 Å². The van der Waals surface area contributed by atoms with Crippen LogP contribution in [0.1, 0.15) is 73.6 Å². The van der Waals surface area contributed by atoms with Gasteiger partial charge in [0, 0.05) is 16.7 Å². The zero-order chi connectivity index (χ0) is 28.5. The lowest BCUT2D eigenvalue weighted by Crippen LogP contribution is -2.13. The van der Waals surface area contributed by atoms with Crippen molar-refractivity contribution in [3.8, 4) is 11.1 Å². The van der Waals surface area contributed by atoms with Crippen LogP contribution in [-0.2, 0) is 6.18 Å². The van der Waals surface area contributed by atoms with Gasteiger partial charge in [-0.1, -0.05) is 38.0 Å². The summed E-state index contributed by atoms with van der Waals surface area (Å²) in [6.45, 7) is 2.15. The summed E-state index contributed by atoms with van der Waals surface area (Å²) in [5.41, 5.74) is -3.45. The van der Waals surface area contributed by atoms with Crippen LogP contribution < -0.4 is 0 Å². The first kappa shape index (κ1) is 28.8. The highest BCUT2D eigenvalue weighted by Crippen LogP contribution is 2.40. The molecule has 0 saturated heterocycles. The molecule has 208 valence electrons. The van der Waals surface area contributed by atoms with E-state index in [4.69, 9.17) is 0 Å². The molecule has 0 radical (unpaired) electrons. The van der Waals surface area contributed by atoms with Crippen LogP contribution in [0.25, 0.3) is 22.8 Å². The molecule has 0 atom stereocenters. The molecular weight excluding hydrogens is 531 g/mol. The number of halogens is 9. The minimum Gasteiger partial charge on any atom is -0.206 e. The zero-order valence-electron chi connectivity index (χ0n) is 20.9. The predicted molar refractivity (Wildman–Crippen MR) is 132 cm³/mol. The standard InChI is InChI=1S/C30H25F9/c1-2-3-16-4-6-17(7-5-16)18-8-10-21(23(31)12-18)19-9-11-22(24(32)13-19)29(36)28(35)20-14-25(33)27(26(34)15-20)30(37,38)39/h8-17H,2-7H2,1H3. The third-order valence-electron chi connectivity index (χ3n) is 7.30. The highest BCUT2D eigenvalue weighted by molar-refractivity contribution is 5.84. The first-order valence-electron chi connectivity index (χ1n) is 12.6. The second kappa shape index (κ2) is 11.5. The van der Waals surface area contributed by atoms with Crippen LogP contribution in [0.5, 0.6) is 0 Å². The Hall–Kier alpha value is -3.23. The Kier molecular flexibility index (Phi) is 8.47. The van der Waals surface area contributed by atoms with E-state index in [1.165, 1.54) is 18.6 Å². The summed E-state index contributed by atoms with van der Waals surface area (Å²) in [7, 11) is 0. The van der Waals surface area contributed by atoms with Crippen LogP contribution in [-0.4, -0.2) is 0 Å². The Morgan fingerprint density at radius 2 is 1.38 bits per heavy atom. The molecule has 1 fully saturated rings. The summed E-state index contributed by atoms with van der Waals surface area (Å²) >= 11 is 0. The molecule has 0 aliphatic heterocycles. The lowest BCUT2D eigenvalue weighted by atomic mass is 9.77. The molecule has 1 aliphatic carbocycles. The lowest BCUT2D eigenvalue weighted by Gasteiger charge is -2.28. The number of hydrogen-bond donors (Lipinski definition) is 0. The molecule has 0 unspecified atom stereocenters. The molecule has 0 spiro atoms. The molecule has 0 aromatic heterocycles. The van der Waals surface area contributed by atoms with E-state index in [9.17, 15) is 35.1 Å². The molecule has 0 nitrogen and oxygen atoms in total. The number of alkyl halides is 3. The van der Waals surface area contributed by atoms with Gasteiger partial charge in [0.05, 0.1) is 0 Å². The third kappa shape index (κ3) is 6.17. The minimum absolute atomic E-state index is 0.0275. The van der Waals surface area contributed by atoms with Crippen LogP contribution in [0.15, 0.2) is 48.5 Å². The first-order chi connectivity index (χ1) is 18.4. The molecule has 1 aliphatic rings. The van der Waals surface area contributed by atoms with Gasteiger partial charge in [-0.15, -0.1) is 0 Å². The fraction of sp³-hybridized carbons (Fsp3) is 0.333. The zero-order valence-corrected chi connectivity index (χ0v) is 20.9. The molecule has 4 rings (SSSR count). The van der Waals surface area contributed by atoms with Crippen molar-refractivity contribution in [2.75, 3.05) is 0 Å². The van der Waals surface area contributed by atoms with Crippen LogP contribution in [0, 0.1) is 29.2 Å². The number of hydrogen-bond acceptors (Lipinski definition) is 0. The van der Waals surface area contributed by atoms with E-state index in [1.807, 2.05) is 0 Å². The van der Waals surface area contributed by atoms with Crippen LogP contribution in [0.4, 0.5) is 39.5 Å². The topological polar surface area (TPSA) is 0 Å². The van der Waals surface area contributed by atoms with Crippen molar-refractivity contribution in [3.63, 3.8) is 0 Å². The monoisotopic (exact) mass is 556 g/mol. The number of rotatable bonds is 6. The van der Waals surface area contributed by atoms with E-state index in [0.717, 1.165) is 55.9 Å². The third-order valence-corrected chi connectivity index (χ3v) is 7.30. The van der Waals surface area contributed by atoms with Crippen molar-refractivity contribution in [2.45, 2.75) is 57.5 Å². The molecule has 3 aromatic rings. The highest BCUT2D eigenvalue weighted by atomic mass is 19.4. The van der Waals surface area contributed by atoms with Crippen LogP contribution >= 0.6 is 0 Å². The van der Waals surface area contributed by atoms with Crippen molar-refractivity contribution in [1.82, 2.24) is 0 Å². The van der Waals surface area contributed by atoms with Crippen LogP contribution in [0.3, 0.4) is 0 Å². The van der Waals surface area contributed by atoms with Gasteiger partial charge in [-0.25, -0.2) is 26.3 Å². The molecule has 0 heterocycles. The van der Waals surface area contributed by atoms with Gasteiger partial charge in [0.1, 0.15) is 28.8 Å². The Bertz CT molecular complexity index is 1360. The Morgan fingerprint density at radius 1 is 0.744 bits per heavy atom. The summed E-state index contributed by atoms with van der Waals surface area (Å²) in [6, 6.07) is 7.36. The molecule has 0 bridgehead atoms. The first-order valence-corrected chi connectivity index (χ1v) is 12.6. The molecule has 0 amide bonds. The van der Waals surface area contributed by atoms with Gasteiger partial charge in [-0.2, -0.15) is 13.2 Å². The molecule has 3 aromatic carbocycles. The highest BCUT2D eigenvalue weighted by Gasteiger charge is 2.38. The maximum absolute atomic E-state index is 15.0. The Morgan fingerprint density at radius 3 is 1.92 bits per heavy atom. The molecule has 9 heteroatoms. The minimum atomic E-state index is -5.39. The molecule has 39 heavy (non-hydrogen) atoms. The van der Waals surface area contributed by atoms with Gasteiger partial charge in [-0.3, -0.25) is 0 Å². The summed E-state index contributed by atoms with van der Waals surface area (Å²) in [6.07, 6.45) is 0.986. The van der Waals surface area contributed by atoms with E-state index in [0.29, 0.717) is 5.92 Å². The van der Waals surface area contributed by atoms with Gasteiger partial charge >= 0.3 is 6.18 Å². The summed E-state index contributed by atoms with van der Waals surface area (Å²) in [5, 5.41) is 0. The van der Waals surface area contributed by atoms with Crippen molar-refractivity contribution < 1.29 is 39.5 Å². The van der Waals surface area contributed by atoms with E-state index < -0.39 is 57.8 Å². The average molecular weight is 557 g/mol. The Labute approximate surface area is 220 Å². The smallest absolute Gasteiger partial charge is 0.206 e. The maximum atomic E-state index is 15.0. The fourth-order valence-electron chi connectivity index (χ4n) is 5.29. The molecule has 0 N–H and O–H groups in total. The second-order valence-electron chi connectivity index (χ2n) is 9.88. The fourth-order valence-corrected chi connectivity index (χ4v) is 5.29. The van der Waals surface area contributed by atoms with E-state index in [-0.39, 0.29) is 29.2 Å². The van der Waals surface area contributed by atoms with Crippen molar-refractivity contribution >= 4 is 11.7 Å². The van der Waals surface area contributed by atoms with Crippen molar-refractivity contribution in [1.29, 1.82) is 0 Å².